The summed E-state index contributed by atoms with van der Waals surface area (Å²) < 4.78 is 14.7. The molecular weight excluding hydrogens is 626 g/mol. The molecule has 270 valence electrons. The first-order chi connectivity index (χ1) is 23.9. The summed E-state index contributed by atoms with van der Waals surface area (Å²) in [4.78, 5) is 40.1. The van der Waals surface area contributed by atoms with Crippen molar-refractivity contribution >= 4 is 28.9 Å². The van der Waals surface area contributed by atoms with Crippen LogP contribution >= 0.6 is 0 Å². The highest BCUT2D eigenvalue weighted by Crippen LogP contribution is 2.70. The number of rotatable bonds is 11. The number of nitrogen functional groups attached to an aromatic ring is 1. The predicted molar refractivity (Wildman–Crippen MR) is 194 cm³/mol. The lowest BCUT2D eigenvalue weighted by molar-refractivity contribution is -0.203. The summed E-state index contributed by atoms with van der Waals surface area (Å²) >= 11 is 0. The second kappa shape index (κ2) is 13.6. The van der Waals surface area contributed by atoms with E-state index >= 15 is 0 Å². The van der Waals surface area contributed by atoms with Crippen LogP contribution < -0.4 is 10.5 Å². The smallest absolute Gasteiger partial charge is 0.326 e. The third-order valence-corrected chi connectivity index (χ3v) is 14.1. The number of carbonyl (C=O) groups excluding carboxylic acids is 2. The van der Waals surface area contributed by atoms with Gasteiger partial charge in [-0.05, 0) is 97.9 Å². The Balaban J connectivity index is 1.14. The molecule has 4 aliphatic carbocycles. The molecule has 7 rings (SSSR count). The molecule has 9 nitrogen and oxygen atoms in total. The number of Topliss-reactive ketones (excluding diaryl/α,β-unsaturated/α-hetero) is 1. The number of anilines is 1. The minimum absolute atomic E-state index is 0.00781. The van der Waals surface area contributed by atoms with Gasteiger partial charge < -0.3 is 19.8 Å². The number of ketones is 1. The van der Waals surface area contributed by atoms with Crippen LogP contribution in [0.2, 0.25) is 0 Å². The van der Waals surface area contributed by atoms with Crippen molar-refractivity contribution in [3.05, 3.63) is 42.2 Å². The van der Waals surface area contributed by atoms with Gasteiger partial charge in [-0.25, -0.2) is 4.98 Å². The van der Waals surface area contributed by atoms with Crippen molar-refractivity contribution in [2.75, 3.05) is 5.73 Å². The van der Waals surface area contributed by atoms with Gasteiger partial charge in [-0.2, -0.15) is 9.97 Å². The summed E-state index contributed by atoms with van der Waals surface area (Å²) in [5.74, 6) is 3.78. The van der Waals surface area contributed by atoms with Gasteiger partial charge in [0.15, 0.2) is 11.2 Å². The SMILES string of the molecule is CC(C)CCCC(C)[C@]1(OC(=O)Cn2cnc3c(OCc4ccccc4)nc(N)nc32)CCC2C3CC[C@@H]4CC(=O)CCC4(C)C3CCC21C. The van der Waals surface area contributed by atoms with Crippen molar-refractivity contribution in [2.45, 2.75) is 130 Å². The van der Waals surface area contributed by atoms with E-state index in [4.69, 9.17) is 15.2 Å². The number of benzene rings is 1. The lowest BCUT2D eigenvalue weighted by Gasteiger charge is -2.62. The van der Waals surface area contributed by atoms with E-state index in [0.717, 1.165) is 69.8 Å². The summed E-state index contributed by atoms with van der Waals surface area (Å²) in [6.07, 6.45) is 14.1. The van der Waals surface area contributed by atoms with Crippen LogP contribution in [0.3, 0.4) is 0 Å². The summed E-state index contributed by atoms with van der Waals surface area (Å²) in [6, 6.07) is 9.86. The molecule has 2 heterocycles. The molecule has 6 unspecified atom stereocenters. The van der Waals surface area contributed by atoms with E-state index in [2.05, 4.69) is 49.6 Å². The maximum Gasteiger partial charge on any atom is 0.326 e. The average molecular weight is 684 g/mol. The second-order valence-electron chi connectivity index (χ2n) is 17.2. The number of nitrogens with two attached hydrogens (primary N) is 1. The molecule has 0 radical (unpaired) electrons. The van der Waals surface area contributed by atoms with Crippen molar-refractivity contribution in [1.29, 1.82) is 0 Å². The van der Waals surface area contributed by atoms with Crippen LogP contribution in [-0.2, 0) is 27.5 Å². The van der Waals surface area contributed by atoms with Gasteiger partial charge in [-0.1, -0.05) is 77.8 Å². The number of fused-ring (bicyclic) bond motifs is 6. The maximum absolute atomic E-state index is 14.2. The molecule has 4 saturated carbocycles. The number of hydrogen-bond acceptors (Lipinski definition) is 8. The van der Waals surface area contributed by atoms with Crippen molar-refractivity contribution < 1.29 is 19.1 Å². The van der Waals surface area contributed by atoms with Gasteiger partial charge in [0, 0.05) is 18.3 Å². The van der Waals surface area contributed by atoms with Gasteiger partial charge in [0.25, 0.3) is 0 Å². The maximum atomic E-state index is 14.2. The Hall–Kier alpha value is -3.49. The molecule has 4 aliphatic rings. The van der Waals surface area contributed by atoms with E-state index in [1.54, 1.807) is 10.9 Å². The fourth-order valence-electron chi connectivity index (χ4n) is 11.5. The Bertz CT molecular complexity index is 1710. The molecule has 2 aromatic heterocycles. The van der Waals surface area contributed by atoms with E-state index in [0.29, 0.717) is 59.0 Å². The molecule has 0 spiro atoms. The standard InChI is InChI=1S/C41H57N5O4/c1-26(2)10-9-11-27(3)41(21-18-33-31-15-14-29-22-30(47)16-19-39(29,4)32(31)17-20-40(33,41)5)50-34(48)23-46-25-43-35-36(46)44-38(42)45-37(35)49-24-28-12-7-6-8-13-28/h6-8,12-13,25-27,29,31-33H,9-11,14-24H2,1-5H3,(H2,42,44,45)/t27?,29-,31?,32?,33?,39?,40?,41-/m1/s1. The largest absolute Gasteiger partial charge is 0.471 e. The first-order valence-corrected chi connectivity index (χ1v) is 19.3. The van der Waals surface area contributed by atoms with Crippen LogP contribution in [0.25, 0.3) is 11.2 Å². The van der Waals surface area contributed by atoms with E-state index in [1.165, 1.54) is 12.8 Å². The number of imidazole rings is 1. The molecule has 9 heteroatoms. The van der Waals surface area contributed by atoms with Crippen molar-refractivity contribution in [2.24, 2.45) is 46.3 Å². The zero-order valence-corrected chi connectivity index (χ0v) is 30.8. The van der Waals surface area contributed by atoms with Crippen LogP contribution in [0.5, 0.6) is 5.88 Å². The number of esters is 1. The summed E-state index contributed by atoms with van der Waals surface area (Å²) in [5, 5.41) is 0. The quantitative estimate of drug-likeness (QED) is 0.200. The Kier molecular flexibility index (Phi) is 9.48. The zero-order valence-electron chi connectivity index (χ0n) is 30.8. The van der Waals surface area contributed by atoms with E-state index in [9.17, 15) is 9.59 Å². The van der Waals surface area contributed by atoms with E-state index in [-0.39, 0.29) is 35.2 Å². The van der Waals surface area contributed by atoms with E-state index in [1.807, 2.05) is 30.3 Å². The van der Waals surface area contributed by atoms with Crippen molar-refractivity contribution in [3.63, 3.8) is 0 Å². The van der Waals surface area contributed by atoms with E-state index < -0.39 is 5.60 Å². The molecule has 4 fully saturated rings. The van der Waals surface area contributed by atoms with Crippen LogP contribution in [-0.4, -0.2) is 36.9 Å². The minimum atomic E-state index is -0.536. The molecule has 3 aromatic rings. The molecule has 2 N–H and O–H groups in total. The lowest BCUT2D eigenvalue weighted by Crippen LogP contribution is -2.59. The topological polar surface area (TPSA) is 122 Å². The summed E-state index contributed by atoms with van der Waals surface area (Å²) in [7, 11) is 0. The third kappa shape index (κ3) is 6.10. The highest BCUT2D eigenvalue weighted by Gasteiger charge is 2.67. The number of carbonyl (C=O) groups is 2. The Morgan fingerprint density at radius 2 is 1.78 bits per heavy atom. The van der Waals surface area contributed by atoms with Gasteiger partial charge in [0.05, 0.1) is 6.33 Å². The van der Waals surface area contributed by atoms with Crippen LogP contribution in [0.1, 0.15) is 117 Å². The van der Waals surface area contributed by atoms with Crippen molar-refractivity contribution in [3.8, 4) is 5.88 Å². The normalized spacial score (nSPS) is 32.7. The first kappa shape index (κ1) is 34.9. The molecule has 0 amide bonds. The van der Waals surface area contributed by atoms with Gasteiger partial charge in [-0.3, -0.25) is 9.59 Å². The van der Waals surface area contributed by atoms with Gasteiger partial charge >= 0.3 is 5.97 Å². The minimum Gasteiger partial charge on any atom is -0.471 e. The number of nitrogens with zero attached hydrogens (tertiary/aromatic N) is 4. The monoisotopic (exact) mass is 683 g/mol. The fraction of sp³-hybridized carbons (Fsp3) is 0.683. The summed E-state index contributed by atoms with van der Waals surface area (Å²) in [5.41, 5.74) is 7.69. The van der Waals surface area contributed by atoms with Gasteiger partial charge in [0.2, 0.25) is 11.8 Å². The Labute approximate surface area is 297 Å². The van der Waals surface area contributed by atoms with Gasteiger partial charge in [0.1, 0.15) is 24.5 Å². The lowest BCUT2D eigenvalue weighted by atomic mass is 9.44. The zero-order chi connectivity index (χ0) is 35.3. The highest BCUT2D eigenvalue weighted by atomic mass is 16.6. The summed E-state index contributed by atoms with van der Waals surface area (Å²) in [6.45, 7) is 12.2. The fourth-order valence-corrected chi connectivity index (χ4v) is 11.5. The Morgan fingerprint density at radius 3 is 2.56 bits per heavy atom. The predicted octanol–water partition coefficient (Wildman–Crippen LogP) is 8.34. The molecule has 0 bridgehead atoms. The number of ether oxygens (including phenoxy) is 2. The number of hydrogen-bond donors (Lipinski definition) is 1. The average Bonchev–Trinajstić information content (AvgIpc) is 3.62. The second-order valence-corrected chi connectivity index (χ2v) is 17.2. The molecular formula is C41H57N5O4. The van der Waals surface area contributed by atoms with Crippen LogP contribution in [0.4, 0.5) is 5.95 Å². The molecule has 1 aromatic carbocycles. The number of aromatic nitrogens is 4. The van der Waals surface area contributed by atoms with Crippen LogP contribution in [0, 0.1) is 46.3 Å². The molecule has 0 saturated heterocycles. The van der Waals surface area contributed by atoms with Gasteiger partial charge in [-0.15, -0.1) is 0 Å². The molecule has 50 heavy (non-hydrogen) atoms. The van der Waals surface area contributed by atoms with Crippen molar-refractivity contribution in [1.82, 2.24) is 19.5 Å². The van der Waals surface area contributed by atoms with Crippen LogP contribution in [0.15, 0.2) is 36.7 Å². The molecule has 0 aliphatic heterocycles. The third-order valence-electron chi connectivity index (χ3n) is 14.1. The highest BCUT2D eigenvalue weighted by molar-refractivity contribution is 5.80. The molecule has 8 atom stereocenters. The Morgan fingerprint density at radius 1 is 1.00 bits per heavy atom. The first-order valence-electron chi connectivity index (χ1n) is 19.3.